The molecule has 0 bridgehead atoms. The highest BCUT2D eigenvalue weighted by Crippen LogP contribution is 2.22. The van der Waals surface area contributed by atoms with Gasteiger partial charge in [-0.2, -0.15) is 0 Å². The number of aliphatic hydroxyl groups excluding tert-OH is 1. The fourth-order valence-corrected chi connectivity index (χ4v) is 2.60. The van der Waals surface area contributed by atoms with Gasteiger partial charge in [0.1, 0.15) is 6.54 Å². The monoisotopic (exact) mass is 316 g/mol. The minimum absolute atomic E-state index is 0.0619. The van der Waals surface area contributed by atoms with E-state index in [1.165, 1.54) is 13.8 Å². The molecule has 22 heavy (non-hydrogen) atoms. The zero-order chi connectivity index (χ0) is 17.2. The van der Waals surface area contributed by atoms with E-state index in [1.807, 2.05) is 6.08 Å². The van der Waals surface area contributed by atoms with Gasteiger partial charge < -0.3 is 15.3 Å². The topological polar surface area (TPSA) is 94.8 Å². The summed E-state index contributed by atoms with van der Waals surface area (Å²) in [5.74, 6) is -2.14. The lowest BCUT2D eigenvalue weighted by Crippen LogP contribution is -2.62. The Balaban J connectivity index is 5.23. The standard InChI is InChI=1S/C16H29NO5/c1-4-5-6-7-8-9-10-17(11-12-18,13(2)15(19)20)14(3)16(21)22/h9-10,13-14,18H,4-8,11-12H2,1-3H3,(H-,19,20,21,22)/p+1/b10-9+. The maximum Gasteiger partial charge on any atom is 0.362 e. The van der Waals surface area contributed by atoms with Crippen LogP contribution in [0, 0.1) is 0 Å². The summed E-state index contributed by atoms with van der Waals surface area (Å²) < 4.78 is -0.283. The van der Waals surface area contributed by atoms with Crippen molar-refractivity contribution >= 4 is 11.9 Å². The molecule has 0 saturated carbocycles. The molecule has 0 aliphatic rings. The van der Waals surface area contributed by atoms with Gasteiger partial charge in [-0.1, -0.05) is 26.2 Å². The van der Waals surface area contributed by atoms with E-state index in [-0.39, 0.29) is 17.6 Å². The van der Waals surface area contributed by atoms with Crippen molar-refractivity contribution < 1.29 is 29.4 Å². The summed E-state index contributed by atoms with van der Waals surface area (Å²) in [6.07, 6.45) is 8.67. The molecule has 0 aliphatic heterocycles. The summed E-state index contributed by atoms with van der Waals surface area (Å²) in [7, 11) is 0. The van der Waals surface area contributed by atoms with Gasteiger partial charge in [0.15, 0.2) is 12.1 Å². The maximum atomic E-state index is 11.4. The third kappa shape index (κ3) is 5.77. The normalized spacial score (nSPS) is 17.1. The van der Waals surface area contributed by atoms with Gasteiger partial charge in [-0.05, 0) is 32.8 Å². The molecule has 6 heteroatoms. The second kappa shape index (κ2) is 10.3. The molecule has 2 atom stereocenters. The van der Waals surface area contributed by atoms with Crippen LogP contribution in [0.25, 0.3) is 0 Å². The van der Waals surface area contributed by atoms with Gasteiger partial charge in [-0.25, -0.2) is 9.59 Å². The lowest BCUT2D eigenvalue weighted by atomic mass is 10.1. The molecule has 0 rings (SSSR count). The molecular weight excluding hydrogens is 286 g/mol. The molecule has 0 fully saturated rings. The fraction of sp³-hybridized carbons (Fsp3) is 0.750. The van der Waals surface area contributed by atoms with Crippen molar-refractivity contribution in [2.45, 2.75) is 65.0 Å². The highest BCUT2D eigenvalue weighted by Gasteiger charge is 2.44. The molecule has 0 heterocycles. The molecule has 0 amide bonds. The minimum Gasteiger partial charge on any atom is -0.477 e. The maximum absolute atomic E-state index is 11.4. The van der Waals surface area contributed by atoms with Crippen LogP contribution >= 0.6 is 0 Å². The van der Waals surface area contributed by atoms with Crippen molar-refractivity contribution in [3.05, 3.63) is 12.3 Å². The Bertz CT molecular complexity index is 361. The third-order valence-corrected chi connectivity index (χ3v) is 4.25. The molecule has 3 N–H and O–H groups in total. The van der Waals surface area contributed by atoms with Gasteiger partial charge in [0, 0.05) is 0 Å². The Hall–Kier alpha value is -1.40. The van der Waals surface area contributed by atoms with Gasteiger partial charge in [0.25, 0.3) is 0 Å². The van der Waals surface area contributed by atoms with Crippen LogP contribution in [0.4, 0.5) is 0 Å². The van der Waals surface area contributed by atoms with Crippen LogP contribution in [-0.2, 0) is 9.59 Å². The average Bonchev–Trinajstić information content (AvgIpc) is 2.47. The second-order valence-corrected chi connectivity index (χ2v) is 5.70. The van der Waals surface area contributed by atoms with Crippen molar-refractivity contribution in [3.8, 4) is 0 Å². The van der Waals surface area contributed by atoms with Gasteiger partial charge in [-0.3, -0.25) is 4.48 Å². The van der Waals surface area contributed by atoms with E-state index in [2.05, 4.69) is 6.92 Å². The molecule has 0 spiro atoms. The molecule has 0 saturated heterocycles. The van der Waals surface area contributed by atoms with E-state index < -0.39 is 24.0 Å². The first-order valence-corrected chi connectivity index (χ1v) is 7.94. The predicted octanol–water partition coefficient (Wildman–Crippen LogP) is 2.23. The number of nitrogens with zero attached hydrogens (tertiary/aromatic N) is 1. The lowest BCUT2D eigenvalue weighted by Gasteiger charge is -2.40. The first-order chi connectivity index (χ1) is 10.3. The predicted molar refractivity (Wildman–Crippen MR) is 84.3 cm³/mol. The van der Waals surface area contributed by atoms with Crippen LogP contribution in [0.2, 0.25) is 0 Å². The van der Waals surface area contributed by atoms with Crippen LogP contribution in [0.5, 0.6) is 0 Å². The van der Waals surface area contributed by atoms with E-state index >= 15 is 0 Å². The quantitative estimate of drug-likeness (QED) is 0.379. The summed E-state index contributed by atoms with van der Waals surface area (Å²) in [5.41, 5.74) is 0. The lowest BCUT2D eigenvalue weighted by molar-refractivity contribution is -0.908. The van der Waals surface area contributed by atoms with Crippen LogP contribution in [0.1, 0.15) is 52.9 Å². The number of carboxylic acids is 2. The van der Waals surface area contributed by atoms with Crippen molar-refractivity contribution in [2.24, 2.45) is 0 Å². The Kier molecular flexibility index (Phi) is 9.69. The van der Waals surface area contributed by atoms with Crippen molar-refractivity contribution in [2.75, 3.05) is 13.2 Å². The van der Waals surface area contributed by atoms with Crippen molar-refractivity contribution in [3.63, 3.8) is 0 Å². The van der Waals surface area contributed by atoms with E-state index in [4.69, 9.17) is 0 Å². The highest BCUT2D eigenvalue weighted by molar-refractivity contribution is 5.74. The SMILES string of the molecule is CCCCCC/C=C/[N+](CCO)(C(C)C(=O)O)C(C)C(=O)O. The van der Waals surface area contributed by atoms with E-state index in [0.29, 0.717) is 0 Å². The molecule has 0 aromatic heterocycles. The second-order valence-electron chi connectivity index (χ2n) is 5.70. The summed E-state index contributed by atoms with van der Waals surface area (Å²) in [6.45, 7) is 4.89. The zero-order valence-electron chi connectivity index (χ0n) is 13.9. The molecule has 2 unspecified atom stereocenters. The molecular formula is C16H30NO5+. The van der Waals surface area contributed by atoms with Crippen molar-refractivity contribution in [1.29, 1.82) is 0 Å². The number of carbonyl (C=O) groups is 2. The highest BCUT2D eigenvalue weighted by atomic mass is 16.4. The van der Waals surface area contributed by atoms with Gasteiger partial charge in [0.2, 0.25) is 0 Å². The van der Waals surface area contributed by atoms with Gasteiger partial charge in [-0.15, -0.1) is 0 Å². The van der Waals surface area contributed by atoms with Crippen LogP contribution in [-0.4, -0.2) is 57.0 Å². The van der Waals surface area contributed by atoms with E-state index in [0.717, 1.165) is 32.1 Å². The molecule has 128 valence electrons. The molecule has 0 radical (unpaired) electrons. The number of carboxylic acid groups (broad SMARTS) is 2. The first-order valence-electron chi connectivity index (χ1n) is 7.94. The van der Waals surface area contributed by atoms with Crippen LogP contribution < -0.4 is 0 Å². The summed E-state index contributed by atoms with van der Waals surface area (Å²) in [4.78, 5) is 22.8. The zero-order valence-corrected chi connectivity index (χ0v) is 13.9. The Labute approximate surface area is 132 Å². The van der Waals surface area contributed by atoms with E-state index in [9.17, 15) is 24.9 Å². The Morgan fingerprint density at radius 2 is 1.59 bits per heavy atom. The Morgan fingerprint density at radius 3 is 2.00 bits per heavy atom. The number of hydrogen-bond acceptors (Lipinski definition) is 3. The molecule has 0 aromatic carbocycles. The smallest absolute Gasteiger partial charge is 0.362 e. The third-order valence-electron chi connectivity index (χ3n) is 4.25. The summed E-state index contributed by atoms with van der Waals surface area (Å²) >= 11 is 0. The number of unbranched alkanes of at least 4 members (excludes halogenated alkanes) is 4. The number of allylic oxidation sites excluding steroid dienone is 1. The first kappa shape index (κ1) is 20.6. The molecule has 0 aromatic rings. The van der Waals surface area contributed by atoms with Gasteiger partial charge in [0.05, 0.1) is 12.8 Å². The summed E-state index contributed by atoms with van der Waals surface area (Å²) in [6, 6.07) is -1.88. The minimum atomic E-state index is -1.07. The largest absolute Gasteiger partial charge is 0.477 e. The number of hydrogen-bond donors (Lipinski definition) is 3. The molecule has 0 aliphatic carbocycles. The average molecular weight is 316 g/mol. The van der Waals surface area contributed by atoms with Crippen LogP contribution in [0.15, 0.2) is 12.3 Å². The van der Waals surface area contributed by atoms with E-state index in [1.54, 1.807) is 6.20 Å². The number of aliphatic hydroxyl groups is 1. The number of quaternary nitrogens is 1. The van der Waals surface area contributed by atoms with Crippen LogP contribution in [0.3, 0.4) is 0 Å². The number of rotatable bonds is 12. The fourth-order valence-electron chi connectivity index (χ4n) is 2.60. The van der Waals surface area contributed by atoms with Gasteiger partial charge >= 0.3 is 11.9 Å². The summed E-state index contributed by atoms with van der Waals surface area (Å²) in [5, 5.41) is 27.9. The molecule has 6 nitrogen and oxygen atoms in total. The Morgan fingerprint density at radius 1 is 1.05 bits per heavy atom. The van der Waals surface area contributed by atoms with Crippen molar-refractivity contribution in [1.82, 2.24) is 0 Å². The number of aliphatic carboxylic acids is 2.